The fraction of sp³-hybridized carbons (Fsp3) is 0.0625. The van der Waals surface area contributed by atoms with Crippen molar-refractivity contribution in [2.75, 3.05) is 4.90 Å². The number of para-hydroxylation sites is 4. The lowest BCUT2D eigenvalue weighted by Crippen LogP contribution is -2.15. The van der Waals surface area contributed by atoms with Crippen LogP contribution < -0.4 is 9.64 Å². The lowest BCUT2D eigenvalue weighted by molar-refractivity contribution is 0.477. The minimum absolute atomic E-state index is 0.862. The Bertz CT molecular complexity index is 1440. The number of hydrogen-bond donors (Lipinski definition) is 0. The molecule has 1 aliphatic rings. The molecule has 0 radical (unpaired) electrons. The first kappa shape index (κ1) is 20.3. The van der Waals surface area contributed by atoms with Crippen LogP contribution in [0.25, 0.3) is 22.3 Å². The van der Waals surface area contributed by atoms with E-state index < -0.39 is 0 Å². The van der Waals surface area contributed by atoms with E-state index in [2.05, 4.69) is 110 Å². The second kappa shape index (κ2) is 8.24. The van der Waals surface area contributed by atoms with Crippen LogP contribution in [0.3, 0.4) is 0 Å². The van der Waals surface area contributed by atoms with E-state index in [1.54, 1.807) is 0 Å². The van der Waals surface area contributed by atoms with E-state index in [0.717, 1.165) is 28.6 Å². The molecule has 5 aromatic rings. The van der Waals surface area contributed by atoms with Crippen molar-refractivity contribution in [2.45, 2.75) is 13.8 Å². The molecule has 0 saturated heterocycles. The Morgan fingerprint density at radius 2 is 1.00 bits per heavy atom. The molecule has 2 nitrogen and oxygen atoms in total. The fourth-order valence-corrected chi connectivity index (χ4v) is 4.61. The Hall–Kier alpha value is -4.30. The molecule has 2 heteroatoms. The molecule has 0 N–H and O–H groups in total. The maximum absolute atomic E-state index is 6.22. The highest BCUT2D eigenvalue weighted by molar-refractivity contribution is 5.91. The van der Waals surface area contributed by atoms with Crippen LogP contribution in [-0.2, 0) is 0 Å². The van der Waals surface area contributed by atoms with Crippen molar-refractivity contribution in [3.05, 3.63) is 126 Å². The molecule has 0 amide bonds. The first-order valence-electron chi connectivity index (χ1n) is 11.6. The van der Waals surface area contributed by atoms with Gasteiger partial charge in [-0.2, -0.15) is 0 Å². The zero-order chi connectivity index (χ0) is 23.1. The Labute approximate surface area is 200 Å². The summed E-state index contributed by atoms with van der Waals surface area (Å²) in [6.45, 7) is 4.25. The van der Waals surface area contributed by atoms with Gasteiger partial charge in [0.1, 0.15) is 0 Å². The molecule has 0 unspecified atom stereocenters. The van der Waals surface area contributed by atoms with E-state index >= 15 is 0 Å². The minimum Gasteiger partial charge on any atom is -0.453 e. The van der Waals surface area contributed by atoms with Crippen molar-refractivity contribution >= 4 is 17.1 Å². The third kappa shape index (κ3) is 3.54. The van der Waals surface area contributed by atoms with Crippen LogP contribution in [0.2, 0.25) is 0 Å². The topological polar surface area (TPSA) is 12.5 Å². The van der Waals surface area contributed by atoms with E-state index in [4.69, 9.17) is 4.74 Å². The third-order valence-corrected chi connectivity index (χ3v) is 6.42. The summed E-state index contributed by atoms with van der Waals surface area (Å²) in [7, 11) is 0. The van der Waals surface area contributed by atoms with Crippen molar-refractivity contribution in [1.29, 1.82) is 0 Å². The van der Waals surface area contributed by atoms with Crippen molar-refractivity contribution < 1.29 is 4.74 Å². The maximum atomic E-state index is 6.22. The molecule has 0 spiro atoms. The van der Waals surface area contributed by atoms with Crippen LogP contribution in [0.15, 0.2) is 115 Å². The van der Waals surface area contributed by atoms with Crippen LogP contribution in [0, 0.1) is 13.8 Å². The molecule has 6 rings (SSSR count). The van der Waals surface area contributed by atoms with Gasteiger partial charge in [-0.1, -0.05) is 90.0 Å². The monoisotopic (exact) mass is 439 g/mol. The highest BCUT2D eigenvalue weighted by Gasteiger charge is 2.26. The van der Waals surface area contributed by atoms with Crippen molar-refractivity contribution in [2.24, 2.45) is 0 Å². The largest absolute Gasteiger partial charge is 0.453 e. The molecular formula is C32H25NO. The Morgan fingerprint density at radius 1 is 0.500 bits per heavy atom. The summed E-state index contributed by atoms with van der Waals surface area (Å²) < 4.78 is 6.22. The molecule has 0 atom stereocenters. The van der Waals surface area contributed by atoms with Gasteiger partial charge in [0.05, 0.1) is 11.4 Å². The molecule has 0 fully saturated rings. The van der Waals surface area contributed by atoms with E-state index in [1.807, 2.05) is 24.3 Å². The van der Waals surface area contributed by atoms with Crippen LogP contribution in [0.4, 0.5) is 17.1 Å². The first-order valence-corrected chi connectivity index (χ1v) is 11.6. The van der Waals surface area contributed by atoms with Gasteiger partial charge >= 0.3 is 0 Å². The summed E-state index contributed by atoms with van der Waals surface area (Å²) in [5.74, 6) is 1.72. The van der Waals surface area contributed by atoms with Gasteiger partial charge in [-0.15, -0.1) is 0 Å². The quantitative estimate of drug-likeness (QED) is 0.272. The maximum Gasteiger partial charge on any atom is 0.151 e. The smallest absolute Gasteiger partial charge is 0.151 e. The van der Waals surface area contributed by atoms with Gasteiger partial charge in [0, 0.05) is 5.69 Å². The van der Waals surface area contributed by atoms with Gasteiger partial charge in [0.25, 0.3) is 0 Å². The standard InChI is InChI=1S/C32H25NO/c1-22-11-15-24(16-12-22)27-20-19-26(21-28(27)25-17-13-23(2)14-18-25)33-29-7-3-5-9-31(29)34-32-10-6-4-8-30(32)33/h3-21H,1-2H3. The lowest BCUT2D eigenvalue weighted by atomic mass is 9.92. The number of anilines is 3. The van der Waals surface area contributed by atoms with Crippen molar-refractivity contribution in [1.82, 2.24) is 0 Å². The van der Waals surface area contributed by atoms with Gasteiger partial charge in [0.2, 0.25) is 0 Å². The van der Waals surface area contributed by atoms with E-state index in [1.165, 1.54) is 33.4 Å². The molecule has 0 aromatic heterocycles. The van der Waals surface area contributed by atoms with Crippen molar-refractivity contribution in [3.63, 3.8) is 0 Å². The highest BCUT2D eigenvalue weighted by Crippen LogP contribution is 2.51. The minimum atomic E-state index is 0.862. The van der Waals surface area contributed by atoms with Gasteiger partial charge in [-0.3, -0.25) is 0 Å². The molecule has 5 aromatic carbocycles. The third-order valence-electron chi connectivity index (χ3n) is 6.42. The number of fused-ring (bicyclic) bond motifs is 2. The predicted molar refractivity (Wildman–Crippen MR) is 142 cm³/mol. The first-order chi connectivity index (χ1) is 16.7. The predicted octanol–water partition coefficient (Wildman–Crippen LogP) is 9.21. The number of benzene rings is 5. The number of rotatable bonds is 3. The summed E-state index contributed by atoms with van der Waals surface area (Å²) in [5, 5.41) is 0. The molecule has 1 heterocycles. The highest BCUT2D eigenvalue weighted by atomic mass is 16.5. The number of ether oxygens (including phenoxy) is 1. The summed E-state index contributed by atoms with van der Waals surface area (Å²) in [4.78, 5) is 2.30. The van der Waals surface area contributed by atoms with Crippen molar-refractivity contribution in [3.8, 4) is 33.8 Å². The van der Waals surface area contributed by atoms with Crippen LogP contribution in [0.5, 0.6) is 11.5 Å². The molecule has 164 valence electrons. The molecule has 34 heavy (non-hydrogen) atoms. The van der Waals surface area contributed by atoms with Gasteiger partial charge < -0.3 is 9.64 Å². The van der Waals surface area contributed by atoms with E-state index in [0.29, 0.717) is 0 Å². The SMILES string of the molecule is Cc1ccc(-c2ccc(N3c4ccccc4Oc4ccccc43)cc2-c2ccc(C)cc2)cc1. The second-order valence-corrected chi connectivity index (χ2v) is 8.83. The fourth-order valence-electron chi connectivity index (χ4n) is 4.61. The zero-order valence-corrected chi connectivity index (χ0v) is 19.3. The molecular weight excluding hydrogens is 414 g/mol. The van der Waals surface area contributed by atoms with Gasteiger partial charge in [0.15, 0.2) is 11.5 Å². The Balaban J connectivity index is 1.57. The number of hydrogen-bond acceptors (Lipinski definition) is 2. The van der Waals surface area contributed by atoms with E-state index in [9.17, 15) is 0 Å². The normalized spacial score (nSPS) is 12.0. The average molecular weight is 440 g/mol. The summed E-state index contributed by atoms with van der Waals surface area (Å²) in [5.41, 5.74) is 10.6. The number of nitrogens with zero attached hydrogens (tertiary/aromatic N) is 1. The number of aryl methyl sites for hydroxylation is 2. The Morgan fingerprint density at radius 3 is 1.56 bits per heavy atom. The van der Waals surface area contributed by atoms with Crippen LogP contribution in [0.1, 0.15) is 11.1 Å². The molecule has 0 aliphatic carbocycles. The lowest BCUT2D eigenvalue weighted by Gasteiger charge is -2.33. The van der Waals surface area contributed by atoms with E-state index in [-0.39, 0.29) is 0 Å². The molecule has 0 saturated carbocycles. The van der Waals surface area contributed by atoms with Crippen LogP contribution in [-0.4, -0.2) is 0 Å². The second-order valence-electron chi connectivity index (χ2n) is 8.83. The summed E-state index contributed by atoms with van der Waals surface area (Å²) >= 11 is 0. The molecule has 1 aliphatic heterocycles. The summed E-state index contributed by atoms with van der Waals surface area (Å²) in [6, 6.07) is 40.8. The molecule has 0 bridgehead atoms. The van der Waals surface area contributed by atoms with Crippen LogP contribution >= 0.6 is 0 Å². The van der Waals surface area contributed by atoms with Gasteiger partial charge in [-0.05, 0) is 72.5 Å². The zero-order valence-electron chi connectivity index (χ0n) is 19.3. The Kier molecular flexibility index (Phi) is 4.92. The summed E-state index contributed by atoms with van der Waals surface area (Å²) in [6.07, 6.45) is 0. The van der Waals surface area contributed by atoms with Gasteiger partial charge in [-0.25, -0.2) is 0 Å². The average Bonchev–Trinajstić information content (AvgIpc) is 2.88.